The standard InChI is InChI=1S/C28H33ClN2O/c1-21(27-11-7-6-10-24(27)13-12-22-8-4-3-5-9-22)23-14-16-31(17-15-23)20-25-18-26(29)19-30-28(25)32-2/h3-11,18-19,21,23H,12-17,20H2,1-2H3. The lowest BCUT2D eigenvalue weighted by molar-refractivity contribution is 0.163. The fraction of sp³-hybridized carbons (Fsp3) is 0.393. The largest absolute Gasteiger partial charge is 0.481 e. The lowest BCUT2D eigenvalue weighted by Gasteiger charge is -2.35. The third kappa shape index (κ3) is 5.70. The van der Waals surface area contributed by atoms with Crippen LogP contribution < -0.4 is 4.74 Å². The molecule has 1 aromatic heterocycles. The van der Waals surface area contributed by atoms with Crippen molar-refractivity contribution in [2.75, 3.05) is 20.2 Å². The van der Waals surface area contributed by atoms with Gasteiger partial charge < -0.3 is 4.74 Å². The van der Waals surface area contributed by atoms with Crippen LogP contribution in [0.25, 0.3) is 0 Å². The second-order valence-corrected chi connectivity index (χ2v) is 9.35. The number of rotatable bonds is 8. The van der Waals surface area contributed by atoms with Gasteiger partial charge in [0.25, 0.3) is 0 Å². The first-order chi connectivity index (χ1) is 15.6. The van der Waals surface area contributed by atoms with Crippen LogP contribution >= 0.6 is 11.6 Å². The number of halogens is 1. The molecule has 1 fully saturated rings. The highest BCUT2D eigenvalue weighted by Crippen LogP contribution is 2.35. The van der Waals surface area contributed by atoms with Gasteiger partial charge in [0, 0.05) is 18.3 Å². The van der Waals surface area contributed by atoms with Crippen LogP contribution in [-0.2, 0) is 19.4 Å². The van der Waals surface area contributed by atoms with Gasteiger partial charge in [0.15, 0.2) is 0 Å². The molecule has 0 amide bonds. The van der Waals surface area contributed by atoms with Gasteiger partial charge in [0.1, 0.15) is 0 Å². The predicted molar refractivity (Wildman–Crippen MR) is 133 cm³/mol. The van der Waals surface area contributed by atoms with Crippen LogP contribution in [0.5, 0.6) is 5.88 Å². The summed E-state index contributed by atoms with van der Waals surface area (Å²) < 4.78 is 5.43. The number of piperidine rings is 1. The Balaban J connectivity index is 1.36. The Labute approximate surface area is 197 Å². The second-order valence-electron chi connectivity index (χ2n) is 8.91. The summed E-state index contributed by atoms with van der Waals surface area (Å²) in [5.41, 5.74) is 5.51. The topological polar surface area (TPSA) is 25.4 Å². The maximum atomic E-state index is 6.17. The quantitative estimate of drug-likeness (QED) is 0.391. The molecule has 0 spiro atoms. The zero-order valence-electron chi connectivity index (χ0n) is 19.1. The number of hydrogen-bond acceptors (Lipinski definition) is 3. The molecule has 3 nitrogen and oxygen atoms in total. The van der Waals surface area contributed by atoms with Crippen molar-refractivity contribution in [1.29, 1.82) is 0 Å². The maximum absolute atomic E-state index is 6.17. The molecular formula is C28H33ClN2O. The fourth-order valence-corrected chi connectivity index (χ4v) is 5.18. The van der Waals surface area contributed by atoms with Crippen LogP contribution in [0.1, 0.15) is 47.9 Å². The Kier molecular flexibility index (Phi) is 7.83. The Bertz CT molecular complexity index is 999. The third-order valence-corrected chi connectivity index (χ3v) is 7.10. The Hall–Kier alpha value is -2.36. The molecule has 2 heterocycles. The minimum Gasteiger partial charge on any atom is -0.481 e. The minimum atomic E-state index is 0.575. The van der Waals surface area contributed by atoms with Crippen LogP contribution in [0.15, 0.2) is 66.9 Å². The van der Waals surface area contributed by atoms with Crippen molar-refractivity contribution in [3.8, 4) is 5.88 Å². The monoisotopic (exact) mass is 448 g/mol. The van der Waals surface area contributed by atoms with Crippen molar-refractivity contribution in [3.63, 3.8) is 0 Å². The van der Waals surface area contributed by atoms with E-state index >= 15 is 0 Å². The zero-order valence-corrected chi connectivity index (χ0v) is 19.9. The normalized spacial score (nSPS) is 16.1. The van der Waals surface area contributed by atoms with E-state index in [1.165, 1.54) is 29.5 Å². The van der Waals surface area contributed by atoms with E-state index in [1.54, 1.807) is 13.3 Å². The molecule has 1 aliphatic heterocycles. The van der Waals surface area contributed by atoms with E-state index in [-0.39, 0.29) is 0 Å². The van der Waals surface area contributed by atoms with Gasteiger partial charge in [-0.25, -0.2) is 4.98 Å². The second kappa shape index (κ2) is 11.0. The van der Waals surface area contributed by atoms with Gasteiger partial charge in [0.2, 0.25) is 5.88 Å². The Morgan fingerprint density at radius 3 is 2.47 bits per heavy atom. The van der Waals surface area contributed by atoms with Crippen molar-refractivity contribution < 1.29 is 4.74 Å². The number of benzene rings is 2. The number of aromatic nitrogens is 1. The number of likely N-dealkylation sites (tertiary alicyclic amines) is 1. The van der Waals surface area contributed by atoms with Gasteiger partial charge in [-0.1, -0.05) is 73.1 Å². The van der Waals surface area contributed by atoms with Gasteiger partial charge in [-0.05, 0) is 73.4 Å². The molecule has 0 N–H and O–H groups in total. The van der Waals surface area contributed by atoms with Gasteiger partial charge in [-0.2, -0.15) is 0 Å². The van der Waals surface area contributed by atoms with Crippen molar-refractivity contribution in [1.82, 2.24) is 9.88 Å². The molecule has 0 bridgehead atoms. The van der Waals surface area contributed by atoms with E-state index in [1.807, 2.05) is 6.07 Å². The van der Waals surface area contributed by atoms with Crippen molar-refractivity contribution in [2.24, 2.45) is 5.92 Å². The average Bonchev–Trinajstić information content (AvgIpc) is 2.84. The van der Waals surface area contributed by atoms with Crippen molar-refractivity contribution in [3.05, 3.63) is 94.1 Å². The summed E-state index contributed by atoms with van der Waals surface area (Å²) in [5.74, 6) is 1.97. The molecule has 0 radical (unpaired) electrons. The summed E-state index contributed by atoms with van der Waals surface area (Å²) in [4.78, 5) is 6.81. The zero-order chi connectivity index (χ0) is 22.3. The summed E-state index contributed by atoms with van der Waals surface area (Å²) in [6.07, 6.45) is 6.27. The number of methoxy groups -OCH3 is 1. The predicted octanol–water partition coefficient (Wildman–Crippen LogP) is 6.54. The lowest BCUT2D eigenvalue weighted by Crippen LogP contribution is -2.35. The van der Waals surface area contributed by atoms with Crippen molar-refractivity contribution >= 4 is 11.6 Å². The summed E-state index contributed by atoms with van der Waals surface area (Å²) >= 11 is 6.17. The molecule has 0 aliphatic carbocycles. The third-order valence-electron chi connectivity index (χ3n) is 6.89. The van der Waals surface area contributed by atoms with Gasteiger partial charge >= 0.3 is 0 Å². The minimum absolute atomic E-state index is 0.575. The number of aryl methyl sites for hydroxylation is 2. The first-order valence-corrected chi connectivity index (χ1v) is 12.0. The number of ether oxygens (including phenoxy) is 1. The van der Waals surface area contributed by atoms with Crippen LogP contribution in [-0.4, -0.2) is 30.1 Å². The highest BCUT2D eigenvalue weighted by atomic mass is 35.5. The van der Waals surface area contributed by atoms with Gasteiger partial charge in [-0.15, -0.1) is 0 Å². The van der Waals surface area contributed by atoms with Gasteiger partial charge in [0.05, 0.1) is 12.1 Å². The fourth-order valence-electron chi connectivity index (χ4n) is 5.00. The van der Waals surface area contributed by atoms with Crippen molar-refractivity contribution in [2.45, 2.75) is 45.1 Å². The van der Waals surface area contributed by atoms with E-state index < -0.39 is 0 Å². The summed E-state index contributed by atoms with van der Waals surface area (Å²) in [6, 6.07) is 21.8. The SMILES string of the molecule is COc1ncc(Cl)cc1CN1CCC(C(C)c2ccccc2CCc2ccccc2)CC1. The highest BCUT2D eigenvalue weighted by Gasteiger charge is 2.26. The Morgan fingerprint density at radius 1 is 1.00 bits per heavy atom. The molecule has 1 unspecified atom stereocenters. The smallest absolute Gasteiger partial charge is 0.217 e. The van der Waals surface area contributed by atoms with Crippen LogP contribution in [0.2, 0.25) is 5.02 Å². The molecule has 0 saturated carbocycles. The molecule has 2 aromatic carbocycles. The van der Waals surface area contributed by atoms with Crippen LogP contribution in [0.3, 0.4) is 0 Å². The van der Waals surface area contributed by atoms with Gasteiger partial charge in [-0.3, -0.25) is 4.90 Å². The Morgan fingerprint density at radius 2 is 1.72 bits per heavy atom. The molecule has 168 valence electrons. The number of hydrogen-bond donors (Lipinski definition) is 0. The van der Waals surface area contributed by atoms with E-state index in [4.69, 9.17) is 16.3 Å². The summed E-state index contributed by atoms with van der Waals surface area (Å²) in [5, 5.41) is 0.663. The maximum Gasteiger partial charge on any atom is 0.217 e. The molecule has 4 heteroatoms. The number of pyridine rings is 1. The van der Waals surface area contributed by atoms with E-state index in [0.29, 0.717) is 22.7 Å². The van der Waals surface area contributed by atoms with Crippen LogP contribution in [0.4, 0.5) is 0 Å². The molecule has 1 aliphatic rings. The van der Waals surface area contributed by atoms with Crippen LogP contribution in [0, 0.1) is 5.92 Å². The van der Waals surface area contributed by atoms with E-state index in [2.05, 4.69) is 71.4 Å². The average molecular weight is 449 g/mol. The summed E-state index contributed by atoms with van der Waals surface area (Å²) in [6.45, 7) is 5.45. The molecule has 3 aromatic rings. The molecule has 32 heavy (non-hydrogen) atoms. The lowest BCUT2D eigenvalue weighted by atomic mass is 9.79. The van der Waals surface area contributed by atoms with E-state index in [9.17, 15) is 0 Å². The molecule has 4 rings (SSSR count). The molecule has 1 atom stereocenters. The molecular weight excluding hydrogens is 416 g/mol. The highest BCUT2D eigenvalue weighted by molar-refractivity contribution is 6.30. The number of nitrogens with zero attached hydrogens (tertiary/aromatic N) is 2. The van der Waals surface area contributed by atoms with E-state index in [0.717, 1.165) is 38.0 Å². The first kappa shape index (κ1) is 22.8. The molecule has 1 saturated heterocycles. The summed E-state index contributed by atoms with van der Waals surface area (Å²) in [7, 11) is 1.67. The first-order valence-electron chi connectivity index (χ1n) is 11.7.